The standard InChI is InChI=1S/C20H23N3O5/c1-12-3-5-13(6-4-12)19(26)16-9-7-14(23(16)2)11-18(25)22-15(20(27)28)8-10-17(21)24/h3-7,9,15H,8,10-11H2,1-2H3,(H2,21,24)(H,22,25)(H,27,28)/t15-/m0/s1. The highest BCUT2D eigenvalue weighted by Crippen LogP contribution is 2.14. The van der Waals surface area contributed by atoms with Gasteiger partial charge < -0.3 is 20.7 Å². The van der Waals surface area contributed by atoms with Crippen molar-refractivity contribution in [3.8, 4) is 0 Å². The number of nitrogens with zero attached hydrogens (tertiary/aromatic N) is 1. The van der Waals surface area contributed by atoms with Gasteiger partial charge in [0, 0.05) is 24.7 Å². The van der Waals surface area contributed by atoms with Crippen molar-refractivity contribution < 1.29 is 24.3 Å². The molecule has 0 unspecified atom stereocenters. The molecule has 8 nitrogen and oxygen atoms in total. The number of nitrogens with two attached hydrogens (primary N) is 1. The number of hydrogen-bond donors (Lipinski definition) is 3. The van der Waals surface area contributed by atoms with Crippen LogP contribution in [0.25, 0.3) is 0 Å². The van der Waals surface area contributed by atoms with E-state index in [0.717, 1.165) is 5.56 Å². The van der Waals surface area contributed by atoms with Crippen molar-refractivity contribution in [3.05, 3.63) is 58.9 Å². The number of ketones is 1. The molecule has 1 heterocycles. The molecule has 0 radical (unpaired) electrons. The summed E-state index contributed by atoms with van der Waals surface area (Å²) >= 11 is 0. The molecule has 0 spiro atoms. The fraction of sp³-hybridized carbons (Fsp3) is 0.300. The molecule has 148 valence electrons. The van der Waals surface area contributed by atoms with Gasteiger partial charge in [-0.1, -0.05) is 29.8 Å². The molecule has 1 atom stereocenters. The molecular formula is C20H23N3O5. The monoisotopic (exact) mass is 385 g/mol. The Hall–Kier alpha value is -3.42. The zero-order chi connectivity index (χ0) is 20.8. The maximum atomic E-state index is 12.7. The molecule has 8 heteroatoms. The third-order valence-electron chi connectivity index (χ3n) is 4.43. The van der Waals surface area contributed by atoms with Gasteiger partial charge in [-0.3, -0.25) is 14.4 Å². The van der Waals surface area contributed by atoms with Crippen LogP contribution in [-0.2, 0) is 27.9 Å². The Labute approximate surface area is 162 Å². The second-order valence-electron chi connectivity index (χ2n) is 6.60. The first kappa shape index (κ1) is 20.9. The minimum atomic E-state index is -1.24. The van der Waals surface area contributed by atoms with E-state index in [4.69, 9.17) is 10.8 Å². The molecule has 0 saturated heterocycles. The van der Waals surface area contributed by atoms with Crippen LogP contribution in [0.15, 0.2) is 36.4 Å². The molecule has 0 aliphatic rings. The second-order valence-corrected chi connectivity index (χ2v) is 6.60. The zero-order valence-electron chi connectivity index (χ0n) is 15.8. The van der Waals surface area contributed by atoms with E-state index in [1.165, 1.54) is 0 Å². The fourth-order valence-corrected chi connectivity index (χ4v) is 2.77. The second kappa shape index (κ2) is 8.98. The lowest BCUT2D eigenvalue weighted by molar-refractivity contribution is -0.142. The lowest BCUT2D eigenvalue weighted by Crippen LogP contribution is -2.42. The molecule has 0 saturated carbocycles. The Morgan fingerprint density at radius 1 is 1.11 bits per heavy atom. The minimum absolute atomic E-state index is 0.0826. The average Bonchev–Trinajstić information content (AvgIpc) is 2.98. The van der Waals surface area contributed by atoms with Crippen LogP contribution in [0, 0.1) is 6.92 Å². The Balaban J connectivity index is 2.07. The first-order valence-corrected chi connectivity index (χ1v) is 8.75. The fourth-order valence-electron chi connectivity index (χ4n) is 2.77. The van der Waals surface area contributed by atoms with Gasteiger partial charge in [-0.25, -0.2) is 4.79 Å². The molecule has 2 aromatic rings. The topological polar surface area (TPSA) is 131 Å². The smallest absolute Gasteiger partial charge is 0.326 e. The van der Waals surface area contributed by atoms with Gasteiger partial charge in [-0.05, 0) is 25.5 Å². The molecule has 0 fully saturated rings. The van der Waals surface area contributed by atoms with E-state index in [-0.39, 0.29) is 25.0 Å². The van der Waals surface area contributed by atoms with Crippen LogP contribution < -0.4 is 11.1 Å². The molecule has 0 aliphatic heterocycles. The summed E-state index contributed by atoms with van der Waals surface area (Å²) < 4.78 is 1.61. The number of carboxylic acid groups (broad SMARTS) is 1. The molecule has 2 amide bonds. The summed E-state index contributed by atoms with van der Waals surface area (Å²) in [6.45, 7) is 1.93. The summed E-state index contributed by atoms with van der Waals surface area (Å²) in [4.78, 5) is 46.9. The number of aryl methyl sites for hydroxylation is 1. The number of carbonyl (C=O) groups excluding carboxylic acids is 3. The lowest BCUT2D eigenvalue weighted by Gasteiger charge is -2.14. The Kier molecular flexibility index (Phi) is 6.70. The van der Waals surface area contributed by atoms with E-state index in [0.29, 0.717) is 17.0 Å². The summed E-state index contributed by atoms with van der Waals surface area (Å²) in [5, 5.41) is 11.5. The Bertz CT molecular complexity index is 899. The SMILES string of the molecule is Cc1ccc(C(=O)c2ccc(CC(=O)N[C@@H](CCC(N)=O)C(=O)O)n2C)cc1. The maximum Gasteiger partial charge on any atom is 0.326 e. The van der Waals surface area contributed by atoms with Crippen molar-refractivity contribution in [2.24, 2.45) is 12.8 Å². The third kappa shape index (κ3) is 5.29. The Morgan fingerprint density at radius 2 is 1.75 bits per heavy atom. The highest BCUT2D eigenvalue weighted by atomic mass is 16.4. The van der Waals surface area contributed by atoms with Crippen molar-refractivity contribution >= 4 is 23.6 Å². The number of aromatic nitrogens is 1. The van der Waals surface area contributed by atoms with Crippen molar-refractivity contribution in [3.63, 3.8) is 0 Å². The van der Waals surface area contributed by atoms with Gasteiger partial charge in [0.05, 0.1) is 12.1 Å². The molecule has 4 N–H and O–H groups in total. The number of primary amides is 1. The minimum Gasteiger partial charge on any atom is -0.480 e. The lowest BCUT2D eigenvalue weighted by atomic mass is 10.1. The van der Waals surface area contributed by atoms with Gasteiger partial charge >= 0.3 is 5.97 Å². The summed E-state index contributed by atoms with van der Waals surface area (Å²) in [5.41, 5.74) is 7.60. The summed E-state index contributed by atoms with van der Waals surface area (Å²) in [5.74, 6) is -2.56. The number of benzene rings is 1. The summed E-state index contributed by atoms with van der Waals surface area (Å²) in [6.07, 6.45) is -0.324. The largest absolute Gasteiger partial charge is 0.480 e. The van der Waals surface area contributed by atoms with E-state index in [1.807, 2.05) is 19.1 Å². The van der Waals surface area contributed by atoms with Gasteiger partial charge in [0.2, 0.25) is 17.6 Å². The van der Waals surface area contributed by atoms with Crippen molar-refractivity contribution in [1.82, 2.24) is 9.88 Å². The van der Waals surface area contributed by atoms with Gasteiger partial charge in [-0.15, -0.1) is 0 Å². The third-order valence-corrected chi connectivity index (χ3v) is 4.43. The molecule has 2 rings (SSSR count). The molecule has 1 aromatic heterocycles. The van der Waals surface area contributed by atoms with E-state index >= 15 is 0 Å². The van der Waals surface area contributed by atoms with Crippen LogP contribution in [0.5, 0.6) is 0 Å². The average molecular weight is 385 g/mol. The van der Waals surface area contributed by atoms with Crippen LogP contribution in [0.2, 0.25) is 0 Å². The molecule has 28 heavy (non-hydrogen) atoms. The molecule has 1 aromatic carbocycles. The van der Waals surface area contributed by atoms with Crippen LogP contribution >= 0.6 is 0 Å². The zero-order valence-corrected chi connectivity index (χ0v) is 15.8. The highest BCUT2D eigenvalue weighted by molar-refractivity contribution is 6.08. The number of hydrogen-bond acceptors (Lipinski definition) is 4. The van der Waals surface area contributed by atoms with Crippen LogP contribution in [-0.4, -0.2) is 39.3 Å². The van der Waals surface area contributed by atoms with Crippen molar-refractivity contribution in [2.75, 3.05) is 0 Å². The number of amides is 2. The van der Waals surface area contributed by atoms with E-state index in [1.54, 1.807) is 35.9 Å². The number of rotatable bonds is 9. The number of aliphatic carboxylic acids is 1. The predicted molar refractivity (Wildman–Crippen MR) is 102 cm³/mol. The number of nitrogens with one attached hydrogen (secondary N) is 1. The summed E-state index contributed by atoms with van der Waals surface area (Å²) in [6, 6.07) is 9.27. The van der Waals surface area contributed by atoms with Crippen molar-refractivity contribution in [2.45, 2.75) is 32.2 Å². The van der Waals surface area contributed by atoms with Crippen LogP contribution in [0.4, 0.5) is 0 Å². The predicted octanol–water partition coefficient (Wildman–Crippen LogP) is 0.942. The summed E-state index contributed by atoms with van der Waals surface area (Å²) in [7, 11) is 1.67. The van der Waals surface area contributed by atoms with Gasteiger partial charge in [-0.2, -0.15) is 0 Å². The maximum absolute atomic E-state index is 12.7. The van der Waals surface area contributed by atoms with E-state index < -0.39 is 23.8 Å². The van der Waals surface area contributed by atoms with Crippen molar-refractivity contribution in [1.29, 1.82) is 0 Å². The van der Waals surface area contributed by atoms with E-state index in [9.17, 15) is 19.2 Å². The quantitative estimate of drug-likeness (QED) is 0.553. The highest BCUT2D eigenvalue weighted by Gasteiger charge is 2.22. The molecule has 0 bridgehead atoms. The first-order chi connectivity index (χ1) is 13.2. The Morgan fingerprint density at radius 3 is 2.32 bits per heavy atom. The first-order valence-electron chi connectivity index (χ1n) is 8.75. The van der Waals surface area contributed by atoms with Crippen LogP contribution in [0.3, 0.4) is 0 Å². The molecule has 0 aliphatic carbocycles. The number of carboxylic acids is 1. The van der Waals surface area contributed by atoms with Gasteiger partial charge in [0.15, 0.2) is 0 Å². The van der Waals surface area contributed by atoms with Gasteiger partial charge in [0.25, 0.3) is 0 Å². The normalized spacial score (nSPS) is 11.6. The molecular weight excluding hydrogens is 362 g/mol. The van der Waals surface area contributed by atoms with Gasteiger partial charge in [0.1, 0.15) is 6.04 Å². The van der Waals surface area contributed by atoms with E-state index in [2.05, 4.69) is 5.32 Å². The number of carbonyl (C=O) groups is 4. The van der Waals surface area contributed by atoms with Crippen LogP contribution in [0.1, 0.15) is 40.2 Å².